The lowest BCUT2D eigenvalue weighted by molar-refractivity contribution is -0.120. The van der Waals surface area contributed by atoms with Crippen LogP contribution in [-0.4, -0.2) is 55.0 Å². The lowest BCUT2D eigenvalue weighted by atomic mass is 9.85. The Bertz CT molecular complexity index is 630. The van der Waals surface area contributed by atoms with Gasteiger partial charge in [-0.2, -0.15) is 0 Å². The van der Waals surface area contributed by atoms with Crippen molar-refractivity contribution in [2.75, 3.05) is 26.4 Å². The number of rotatable bonds is 5. The Balaban J connectivity index is 1.91. The number of ether oxygens (including phenoxy) is 2. The molecule has 30 heavy (non-hydrogen) atoms. The van der Waals surface area contributed by atoms with Crippen molar-refractivity contribution in [2.45, 2.75) is 83.8 Å². The van der Waals surface area contributed by atoms with Crippen LogP contribution in [0, 0.1) is 5.92 Å². The van der Waals surface area contributed by atoms with Crippen molar-refractivity contribution in [2.24, 2.45) is 5.92 Å². The molecular formula is C23H37FN2O4. The predicted octanol–water partition coefficient (Wildman–Crippen LogP) is 4.50. The molecule has 1 heterocycles. The molecule has 0 bridgehead atoms. The highest BCUT2D eigenvalue weighted by molar-refractivity contribution is 5.78. The zero-order valence-electron chi connectivity index (χ0n) is 18.7. The fourth-order valence-corrected chi connectivity index (χ4v) is 3.72. The summed E-state index contributed by atoms with van der Waals surface area (Å²) < 4.78 is 23.4. The van der Waals surface area contributed by atoms with Crippen LogP contribution in [0.25, 0.3) is 0 Å². The van der Waals surface area contributed by atoms with Crippen molar-refractivity contribution in [3.8, 4) is 0 Å². The Kier molecular flexibility index (Phi) is 9.86. The van der Waals surface area contributed by atoms with E-state index >= 15 is 0 Å². The van der Waals surface area contributed by atoms with Gasteiger partial charge in [-0.3, -0.25) is 9.18 Å². The average molecular weight is 425 g/mol. The molecule has 0 atom stereocenters. The Morgan fingerprint density at radius 2 is 2.00 bits per heavy atom. The van der Waals surface area contributed by atoms with Crippen LogP contribution < -0.4 is 5.32 Å². The van der Waals surface area contributed by atoms with Crippen LogP contribution in [0.2, 0.25) is 0 Å². The first-order chi connectivity index (χ1) is 14.3. The first kappa shape index (κ1) is 24.4. The average Bonchev–Trinajstić information content (AvgIpc) is 2.72. The van der Waals surface area contributed by atoms with E-state index in [9.17, 15) is 14.0 Å². The molecule has 0 spiro atoms. The normalized spacial score (nSPS) is 23.9. The fourth-order valence-electron chi connectivity index (χ4n) is 3.72. The Morgan fingerprint density at radius 3 is 2.67 bits per heavy atom. The van der Waals surface area contributed by atoms with Crippen molar-refractivity contribution < 1.29 is 23.5 Å². The summed E-state index contributed by atoms with van der Waals surface area (Å²) in [6.45, 7) is 6.53. The van der Waals surface area contributed by atoms with Crippen LogP contribution >= 0.6 is 0 Å². The summed E-state index contributed by atoms with van der Waals surface area (Å²) in [7, 11) is 0. The number of amides is 2. The van der Waals surface area contributed by atoms with Gasteiger partial charge in [-0.25, -0.2) is 4.79 Å². The minimum absolute atomic E-state index is 0.109. The van der Waals surface area contributed by atoms with Gasteiger partial charge in [-0.05, 0) is 71.8 Å². The Hall–Kier alpha value is -1.85. The number of nitrogens with zero attached hydrogens (tertiary/aromatic N) is 1. The van der Waals surface area contributed by atoms with Gasteiger partial charge in [0.1, 0.15) is 5.60 Å². The molecule has 7 heteroatoms. The molecule has 0 aromatic heterocycles. The second-order valence-electron chi connectivity index (χ2n) is 9.06. The van der Waals surface area contributed by atoms with Gasteiger partial charge in [-0.15, -0.1) is 5.73 Å². The number of halogens is 1. The summed E-state index contributed by atoms with van der Waals surface area (Å²) in [5.41, 5.74) is 3.58. The second kappa shape index (κ2) is 12.1. The molecule has 0 unspecified atom stereocenters. The van der Waals surface area contributed by atoms with Crippen molar-refractivity contribution in [1.82, 2.24) is 10.2 Å². The minimum atomic E-state index is -0.561. The number of nitrogens with one attached hydrogen (secondary N) is 1. The predicted molar refractivity (Wildman–Crippen MR) is 114 cm³/mol. The molecule has 0 saturated heterocycles. The molecule has 170 valence electrons. The van der Waals surface area contributed by atoms with Gasteiger partial charge < -0.3 is 19.7 Å². The lowest BCUT2D eigenvalue weighted by Gasteiger charge is -2.29. The van der Waals surface area contributed by atoms with Crippen LogP contribution in [0.15, 0.2) is 17.5 Å². The van der Waals surface area contributed by atoms with Crippen LogP contribution in [-0.2, 0) is 14.3 Å². The van der Waals surface area contributed by atoms with E-state index in [0.29, 0.717) is 26.1 Å². The van der Waals surface area contributed by atoms with E-state index in [-0.39, 0.29) is 37.1 Å². The van der Waals surface area contributed by atoms with E-state index in [1.54, 1.807) is 4.90 Å². The van der Waals surface area contributed by atoms with Gasteiger partial charge >= 0.3 is 6.09 Å². The molecule has 2 rings (SSSR count). The van der Waals surface area contributed by atoms with E-state index < -0.39 is 5.60 Å². The summed E-state index contributed by atoms with van der Waals surface area (Å²) in [5, 5.41) is 3.03. The van der Waals surface area contributed by atoms with Gasteiger partial charge in [0.25, 0.3) is 0 Å². The second-order valence-corrected chi connectivity index (χ2v) is 9.06. The highest BCUT2D eigenvalue weighted by Gasteiger charge is 2.26. The third-order valence-corrected chi connectivity index (χ3v) is 5.28. The smallest absolute Gasteiger partial charge is 0.410 e. The molecule has 0 aromatic carbocycles. The van der Waals surface area contributed by atoms with Gasteiger partial charge in [-0.1, -0.05) is 0 Å². The third-order valence-electron chi connectivity index (χ3n) is 5.28. The van der Waals surface area contributed by atoms with Crippen molar-refractivity contribution in [3.05, 3.63) is 17.5 Å². The maximum Gasteiger partial charge on any atom is 0.410 e. The summed E-state index contributed by atoms with van der Waals surface area (Å²) in [4.78, 5) is 26.6. The number of allylic oxidation sites excluding steroid dienone is 1. The van der Waals surface area contributed by atoms with E-state index in [0.717, 1.165) is 44.2 Å². The molecule has 1 N–H and O–H groups in total. The molecule has 1 fully saturated rings. The fraction of sp³-hybridized carbons (Fsp3) is 0.783. The summed E-state index contributed by atoms with van der Waals surface area (Å²) in [5.74, 6) is 0.136. The highest BCUT2D eigenvalue weighted by Crippen LogP contribution is 2.30. The summed E-state index contributed by atoms with van der Waals surface area (Å²) in [6, 6.07) is 0. The topological polar surface area (TPSA) is 67.9 Å². The molecule has 2 aliphatic rings. The minimum Gasteiger partial charge on any atom is -0.444 e. The van der Waals surface area contributed by atoms with E-state index in [2.05, 4.69) is 11.0 Å². The number of carbonyl (C=O) groups excluding carboxylic acids is 2. The number of hydrogen-bond donors (Lipinski definition) is 1. The maximum atomic E-state index is 12.5. The number of alkyl halides is 1. The summed E-state index contributed by atoms with van der Waals surface area (Å²) in [6.07, 6.45) is 7.66. The number of hydrogen-bond acceptors (Lipinski definition) is 4. The van der Waals surface area contributed by atoms with Crippen molar-refractivity contribution >= 4 is 12.0 Å². The van der Waals surface area contributed by atoms with Crippen LogP contribution in [0.1, 0.15) is 72.1 Å². The first-order valence-corrected chi connectivity index (χ1v) is 11.2. The van der Waals surface area contributed by atoms with Gasteiger partial charge in [0.05, 0.1) is 18.5 Å². The molecule has 1 aliphatic carbocycles. The van der Waals surface area contributed by atoms with Crippen LogP contribution in [0.5, 0.6) is 0 Å². The van der Waals surface area contributed by atoms with Crippen LogP contribution in [0.3, 0.4) is 0 Å². The number of carbonyl (C=O) groups is 2. The molecule has 1 aliphatic heterocycles. The molecule has 0 aromatic rings. The zero-order valence-corrected chi connectivity index (χ0v) is 18.7. The van der Waals surface area contributed by atoms with E-state index in [4.69, 9.17) is 9.47 Å². The van der Waals surface area contributed by atoms with Gasteiger partial charge in [0.2, 0.25) is 5.91 Å². The maximum absolute atomic E-state index is 12.5. The monoisotopic (exact) mass is 424 g/mol. The third kappa shape index (κ3) is 8.88. The molecule has 1 saturated carbocycles. The Morgan fingerprint density at radius 1 is 1.27 bits per heavy atom. The van der Waals surface area contributed by atoms with E-state index in [1.165, 1.54) is 0 Å². The quantitative estimate of drug-likeness (QED) is 0.521. The summed E-state index contributed by atoms with van der Waals surface area (Å²) >= 11 is 0. The van der Waals surface area contributed by atoms with Gasteiger partial charge in [0, 0.05) is 32.0 Å². The first-order valence-electron chi connectivity index (χ1n) is 11.2. The Labute approximate surface area is 179 Å². The standard InChI is InChI=1S/C23H37FN2O4/c1-23(2,3)30-22(28)26-15-6-4-5-8-20(25-21(27)13-16-26)18-9-11-19(12-10-18)29-17-7-14-24/h5,18-19H,4,6-7,9-17H2,1-3H3,(H,25,27)/t8?,18-,19+. The molecule has 0 radical (unpaired) electrons. The molecule has 2 amide bonds. The largest absolute Gasteiger partial charge is 0.444 e. The van der Waals surface area contributed by atoms with Crippen molar-refractivity contribution in [1.29, 1.82) is 0 Å². The molecule has 6 nitrogen and oxygen atoms in total. The highest BCUT2D eigenvalue weighted by atomic mass is 19.1. The van der Waals surface area contributed by atoms with E-state index in [1.807, 2.05) is 26.8 Å². The van der Waals surface area contributed by atoms with Crippen molar-refractivity contribution in [3.63, 3.8) is 0 Å². The van der Waals surface area contributed by atoms with Gasteiger partial charge in [0.15, 0.2) is 0 Å². The SMILES string of the molecule is CC(C)(C)OC(=O)N1CCCC=C=C([C@H]2CC[C@@H](OCCCF)CC2)NC(=O)CC1. The lowest BCUT2D eigenvalue weighted by Crippen LogP contribution is -2.39. The van der Waals surface area contributed by atoms with Crippen LogP contribution in [0.4, 0.5) is 9.18 Å². The zero-order chi connectivity index (χ0) is 22.0. The molecular weight excluding hydrogens is 387 g/mol.